The molecule has 1 aliphatic rings. The minimum atomic E-state index is 0.416. The fourth-order valence-electron chi connectivity index (χ4n) is 3.25. The molecule has 4 rings (SSSR count). The third-order valence-electron chi connectivity index (χ3n) is 4.75. The molecular weight excluding hydrogens is 290 g/mol. The summed E-state index contributed by atoms with van der Waals surface area (Å²) in [6, 6.07) is 26.5. The second-order valence-electron chi connectivity index (χ2n) is 6.29. The molecule has 1 heteroatoms. The van der Waals surface area contributed by atoms with Gasteiger partial charge >= 0.3 is 0 Å². The Balaban J connectivity index is 1.90. The Morgan fingerprint density at radius 1 is 0.875 bits per heavy atom. The van der Waals surface area contributed by atoms with E-state index in [0.29, 0.717) is 5.92 Å². The first-order chi connectivity index (χ1) is 11.7. The third-order valence-corrected chi connectivity index (χ3v) is 4.75. The van der Waals surface area contributed by atoms with E-state index in [1.165, 1.54) is 27.6 Å². The van der Waals surface area contributed by atoms with Gasteiger partial charge in [-0.15, -0.1) is 0 Å². The van der Waals surface area contributed by atoms with Gasteiger partial charge in [0.15, 0.2) is 0 Å². The molecule has 1 nitrogen and oxygen atoms in total. The van der Waals surface area contributed by atoms with E-state index in [1.54, 1.807) is 0 Å². The smallest absolute Gasteiger partial charge is 0.0655 e. The number of benzene rings is 3. The second-order valence-corrected chi connectivity index (χ2v) is 6.29. The Labute approximate surface area is 143 Å². The van der Waals surface area contributed by atoms with Crippen LogP contribution < -0.4 is 4.90 Å². The molecule has 0 bridgehead atoms. The maximum Gasteiger partial charge on any atom is 0.0655 e. The fraction of sp³-hybridized carbons (Fsp3) is 0.130. The van der Waals surface area contributed by atoms with Crippen LogP contribution in [-0.4, -0.2) is 0 Å². The van der Waals surface area contributed by atoms with Crippen molar-refractivity contribution in [3.63, 3.8) is 0 Å². The first-order valence-corrected chi connectivity index (χ1v) is 8.30. The van der Waals surface area contributed by atoms with Crippen molar-refractivity contribution in [1.29, 1.82) is 0 Å². The second kappa shape index (κ2) is 5.91. The van der Waals surface area contributed by atoms with E-state index in [-0.39, 0.29) is 0 Å². The highest BCUT2D eigenvalue weighted by Gasteiger charge is 2.23. The first-order valence-electron chi connectivity index (χ1n) is 8.30. The molecule has 0 fully saturated rings. The standard InChI is InChI=1S/C23H19N/c1-17-16-24(15-14-19-8-4-3-5-9-19)23-21(18(17)2)13-12-20-10-6-7-11-22(20)23/h3-13,16,18H,1-2H3. The predicted molar refractivity (Wildman–Crippen MR) is 102 cm³/mol. The minimum absolute atomic E-state index is 0.416. The monoisotopic (exact) mass is 309 g/mol. The van der Waals surface area contributed by atoms with E-state index in [9.17, 15) is 0 Å². The maximum absolute atomic E-state index is 3.34. The molecule has 0 spiro atoms. The van der Waals surface area contributed by atoms with Crippen LogP contribution in [0.3, 0.4) is 0 Å². The van der Waals surface area contributed by atoms with Crippen molar-refractivity contribution >= 4 is 16.5 Å². The Morgan fingerprint density at radius 2 is 1.62 bits per heavy atom. The molecule has 0 radical (unpaired) electrons. The number of hydrogen-bond donors (Lipinski definition) is 0. The lowest BCUT2D eigenvalue weighted by atomic mass is 9.87. The van der Waals surface area contributed by atoms with Gasteiger partial charge in [-0.1, -0.05) is 61.5 Å². The quantitative estimate of drug-likeness (QED) is 0.483. The SMILES string of the molecule is CC1=CN(C#Cc2ccccc2)c2c(ccc3ccccc23)C1C. The number of fused-ring (bicyclic) bond motifs is 3. The van der Waals surface area contributed by atoms with E-state index in [2.05, 4.69) is 73.3 Å². The van der Waals surface area contributed by atoms with Crippen molar-refractivity contribution < 1.29 is 0 Å². The van der Waals surface area contributed by atoms with Gasteiger partial charge in [0.25, 0.3) is 0 Å². The minimum Gasteiger partial charge on any atom is -0.276 e. The van der Waals surface area contributed by atoms with Crippen LogP contribution in [0.25, 0.3) is 10.8 Å². The first kappa shape index (κ1) is 14.6. The Kier molecular flexibility index (Phi) is 3.59. The van der Waals surface area contributed by atoms with Crippen LogP contribution in [0.15, 0.2) is 78.5 Å². The number of anilines is 1. The largest absolute Gasteiger partial charge is 0.276 e. The van der Waals surface area contributed by atoms with Gasteiger partial charge in [0.2, 0.25) is 0 Å². The van der Waals surface area contributed by atoms with Gasteiger partial charge in [-0.25, -0.2) is 0 Å². The maximum atomic E-state index is 3.34. The van der Waals surface area contributed by atoms with Crippen molar-refractivity contribution in [2.75, 3.05) is 4.90 Å². The number of allylic oxidation sites excluding steroid dienone is 1. The Morgan fingerprint density at radius 3 is 2.46 bits per heavy atom. The van der Waals surface area contributed by atoms with E-state index >= 15 is 0 Å². The van der Waals surface area contributed by atoms with Gasteiger partial charge in [0.05, 0.1) is 5.69 Å². The number of nitrogens with zero attached hydrogens (tertiary/aromatic N) is 1. The van der Waals surface area contributed by atoms with Gasteiger partial charge in [0.1, 0.15) is 0 Å². The summed E-state index contributed by atoms with van der Waals surface area (Å²) in [5.41, 5.74) is 4.93. The molecule has 116 valence electrons. The van der Waals surface area contributed by atoms with Crippen molar-refractivity contribution in [3.05, 3.63) is 89.6 Å². The van der Waals surface area contributed by atoms with Crippen LogP contribution in [0, 0.1) is 12.0 Å². The molecule has 1 heterocycles. The lowest BCUT2D eigenvalue weighted by molar-refractivity contribution is 0.866. The van der Waals surface area contributed by atoms with Crippen molar-refractivity contribution in [2.24, 2.45) is 0 Å². The summed E-state index contributed by atoms with van der Waals surface area (Å²) in [5.74, 6) is 3.70. The van der Waals surface area contributed by atoms with Crippen LogP contribution in [0.5, 0.6) is 0 Å². The number of rotatable bonds is 0. The third kappa shape index (κ3) is 2.47. The highest BCUT2D eigenvalue weighted by atomic mass is 15.1. The van der Waals surface area contributed by atoms with E-state index in [0.717, 1.165) is 5.56 Å². The summed E-state index contributed by atoms with van der Waals surface area (Å²) in [5, 5.41) is 2.51. The molecule has 1 atom stereocenters. The fourth-order valence-corrected chi connectivity index (χ4v) is 3.25. The summed E-state index contributed by atoms with van der Waals surface area (Å²) in [6.45, 7) is 4.45. The van der Waals surface area contributed by atoms with Gasteiger partial charge in [-0.05, 0) is 41.5 Å². The Bertz CT molecular complexity index is 987. The summed E-state index contributed by atoms with van der Waals surface area (Å²) in [7, 11) is 0. The van der Waals surface area contributed by atoms with E-state index in [4.69, 9.17) is 0 Å². The molecule has 24 heavy (non-hydrogen) atoms. The van der Waals surface area contributed by atoms with Crippen LogP contribution >= 0.6 is 0 Å². The molecule has 3 aromatic carbocycles. The van der Waals surface area contributed by atoms with Gasteiger partial charge in [0, 0.05) is 29.1 Å². The van der Waals surface area contributed by atoms with Gasteiger partial charge in [-0.2, -0.15) is 0 Å². The summed E-state index contributed by atoms with van der Waals surface area (Å²) < 4.78 is 0. The molecule has 3 aromatic rings. The molecule has 0 N–H and O–H groups in total. The normalized spacial score (nSPS) is 16.2. The van der Waals surface area contributed by atoms with Crippen molar-refractivity contribution in [2.45, 2.75) is 19.8 Å². The molecule has 0 saturated heterocycles. The number of hydrogen-bond acceptors (Lipinski definition) is 1. The lowest BCUT2D eigenvalue weighted by Gasteiger charge is -2.29. The summed E-state index contributed by atoms with van der Waals surface area (Å²) in [4.78, 5) is 2.10. The zero-order valence-electron chi connectivity index (χ0n) is 14.0. The highest BCUT2D eigenvalue weighted by Crippen LogP contribution is 2.41. The average molecular weight is 309 g/mol. The van der Waals surface area contributed by atoms with Crippen LogP contribution in [0.1, 0.15) is 30.9 Å². The molecule has 0 aromatic heterocycles. The zero-order chi connectivity index (χ0) is 16.5. The Hall–Kier alpha value is -2.98. The molecule has 1 unspecified atom stereocenters. The summed E-state index contributed by atoms with van der Waals surface area (Å²) in [6.07, 6.45) is 2.18. The lowest BCUT2D eigenvalue weighted by Crippen LogP contribution is -2.18. The molecule has 0 saturated carbocycles. The van der Waals surface area contributed by atoms with E-state index in [1.807, 2.05) is 30.3 Å². The molecule has 1 aliphatic heterocycles. The van der Waals surface area contributed by atoms with Gasteiger partial charge in [-0.3, -0.25) is 4.90 Å². The molecular formula is C23H19N. The average Bonchev–Trinajstić information content (AvgIpc) is 2.63. The molecule has 0 amide bonds. The van der Waals surface area contributed by atoms with Crippen molar-refractivity contribution in [3.8, 4) is 12.0 Å². The van der Waals surface area contributed by atoms with Crippen LogP contribution in [0.2, 0.25) is 0 Å². The van der Waals surface area contributed by atoms with Crippen LogP contribution in [0.4, 0.5) is 5.69 Å². The predicted octanol–water partition coefficient (Wildman–Crippen LogP) is 5.68. The molecule has 0 aliphatic carbocycles. The van der Waals surface area contributed by atoms with Gasteiger partial charge < -0.3 is 0 Å². The van der Waals surface area contributed by atoms with Crippen molar-refractivity contribution in [1.82, 2.24) is 0 Å². The summed E-state index contributed by atoms with van der Waals surface area (Å²) >= 11 is 0. The zero-order valence-corrected chi connectivity index (χ0v) is 14.0. The van der Waals surface area contributed by atoms with E-state index < -0.39 is 0 Å². The topological polar surface area (TPSA) is 3.24 Å². The van der Waals surface area contributed by atoms with Crippen LogP contribution in [-0.2, 0) is 0 Å². The highest BCUT2D eigenvalue weighted by molar-refractivity contribution is 5.98.